The van der Waals surface area contributed by atoms with Crippen LogP contribution in [0, 0.1) is 25.2 Å². The predicted octanol–water partition coefficient (Wildman–Crippen LogP) is 6.02. The van der Waals surface area contributed by atoms with Crippen molar-refractivity contribution in [3.8, 4) is 11.8 Å². The summed E-state index contributed by atoms with van der Waals surface area (Å²) in [6.07, 6.45) is 1.57. The molecule has 31 heavy (non-hydrogen) atoms. The molecule has 0 spiro atoms. The molecule has 0 aromatic heterocycles. The molecule has 0 saturated heterocycles. The highest BCUT2D eigenvalue weighted by atomic mass is 32.2. The first-order valence-electron chi connectivity index (χ1n) is 9.97. The van der Waals surface area contributed by atoms with Gasteiger partial charge in [0.05, 0.1) is 6.61 Å². The standard InChI is InChI=1S/C26H24N2O2S/c1-19-11-13-23(14-12-19)31-16-15-30-25-10-6-4-8-21(25)17-22(18-27)26(29)28-24-9-5-3-7-20(24)2/h3-14,17H,15-16H2,1-2H3,(H,28,29)/b22-17+. The largest absolute Gasteiger partial charge is 0.492 e. The molecule has 0 bridgehead atoms. The lowest BCUT2D eigenvalue weighted by atomic mass is 10.1. The summed E-state index contributed by atoms with van der Waals surface area (Å²) in [5.74, 6) is 0.991. The van der Waals surface area contributed by atoms with Gasteiger partial charge in [0.25, 0.3) is 5.91 Å². The number of ether oxygens (including phenoxy) is 1. The van der Waals surface area contributed by atoms with E-state index in [-0.39, 0.29) is 5.57 Å². The van der Waals surface area contributed by atoms with E-state index in [1.54, 1.807) is 17.8 Å². The number of benzene rings is 3. The second kappa shape index (κ2) is 11.1. The zero-order valence-corrected chi connectivity index (χ0v) is 18.4. The Kier molecular flexibility index (Phi) is 7.91. The van der Waals surface area contributed by atoms with Crippen molar-refractivity contribution in [1.82, 2.24) is 0 Å². The first-order chi connectivity index (χ1) is 15.1. The molecule has 3 rings (SSSR count). The summed E-state index contributed by atoms with van der Waals surface area (Å²) in [5.41, 5.74) is 3.57. The van der Waals surface area contributed by atoms with Gasteiger partial charge in [-0.15, -0.1) is 11.8 Å². The predicted molar refractivity (Wildman–Crippen MR) is 127 cm³/mol. The van der Waals surface area contributed by atoms with Crippen LogP contribution < -0.4 is 10.1 Å². The minimum Gasteiger partial charge on any atom is -0.492 e. The molecule has 0 radical (unpaired) electrons. The number of para-hydroxylation sites is 2. The number of carbonyl (C=O) groups excluding carboxylic acids is 1. The normalized spacial score (nSPS) is 10.9. The number of nitrogens with one attached hydrogen (secondary N) is 1. The van der Waals surface area contributed by atoms with Crippen molar-refractivity contribution in [2.75, 3.05) is 17.7 Å². The van der Waals surface area contributed by atoms with Crippen LogP contribution in [0.4, 0.5) is 5.69 Å². The number of rotatable bonds is 8. The van der Waals surface area contributed by atoms with Crippen LogP contribution in [0.2, 0.25) is 0 Å². The maximum absolute atomic E-state index is 12.6. The Morgan fingerprint density at radius 1 is 1.03 bits per heavy atom. The third-order valence-corrected chi connectivity index (χ3v) is 5.58. The molecule has 0 fully saturated rings. The summed E-state index contributed by atoms with van der Waals surface area (Å²) >= 11 is 1.72. The first-order valence-corrected chi connectivity index (χ1v) is 11.0. The lowest BCUT2D eigenvalue weighted by Gasteiger charge is -2.10. The third kappa shape index (κ3) is 6.50. The molecule has 0 atom stereocenters. The van der Waals surface area contributed by atoms with Crippen LogP contribution in [-0.4, -0.2) is 18.3 Å². The Morgan fingerprint density at radius 2 is 1.74 bits per heavy atom. The third-order valence-electron chi connectivity index (χ3n) is 4.61. The second-order valence-electron chi connectivity index (χ2n) is 6.99. The smallest absolute Gasteiger partial charge is 0.266 e. The summed E-state index contributed by atoms with van der Waals surface area (Å²) in [7, 11) is 0. The molecule has 5 heteroatoms. The van der Waals surface area contributed by atoms with Gasteiger partial charge < -0.3 is 10.1 Å². The molecule has 0 aliphatic heterocycles. The molecule has 0 aliphatic carbocycles. The van der Waals surface area contributed by atoms with E-state index in [4.69, 9.17) is 4.74 Å². The quantitative estimate of drug-likeness (QED) is 0.206. The number of hydrogen-bond acceptors (Lipinski definition) is 4. The minimum atomic E-state index is -0.443. The molecule has 0 aliphatic rings. The van der Waals surface area contributed by atoms with E-state index in [1.807, 2.05) is 61.5 Å². The first kappa shape index (κ1) is 22.2. The van der Waals surface area contributed by atoms with Gasteiger partial charge in [0.1, 0.15) is 17.4 Å². The van der Waals surface area contributed by atoms with Crippen molar-refractivity contribution in [2.24, 2.45) is 0 Å². The van der Waals surface area contributed by atoms with Crippen LogP contribution in [0.1, 0.15) is 16.7 Å². The summed E-state index contributed by atoms with van der Waals surface area (Å²) in [5, 5.41) is 12.3. The van der Waals surface area contributed by atoms with Crippen molar-refractivity contribution in [1.29, 1.82) is 5.26 Å². The van der Waals surface area contributed by atoms with Crippen LogP contribution in [0.25, 0.3) is 6.08 Å². The van der Waals surface area contributed by atoms with Crippen molar-refractivity contribution < 1.29 is 9.53 Å². The van der Waals surface area contributed by atoms with Gasteiger partial charge in [-0.25, -0.2) is 0 Å². The summed E-state index contributed by atoms with van der Waals surface area (Å²) in [4.78, 5) is 13.8. The lowest BCUT2D eigenvalue weighted by molar-refractivity contribution is -0.112. The number of aryl methyl sites for hydroxylation is 2. The van der Waals surface area contributed by atoms with Gasteiger partial charge in [0, 0.05) is 21.9 Å². The average Bonchev–Trinajstić information content (AvgIpc) is 2.78. The van der Waals surface area contributed by atoms with E-state index in [0.29, 0.717) is 23.6 Å². The number of amides is 1. The summed E-state index contributed by atoms with van der Waals surface area (Å²) < 4.78 is 5.94. The van der Waals surface area contributed by atoms with Crippen LogP contribution >= 0.6 is 11.8 Å². The fraction of sp³-hybridized carbons (Fsp3) is 0.154. The Labute approximate surface area is 187 Å². The molecule has 1 amide bonds. The Morgan fingerprint density at radius 3 is 2.48 bits per heavy atom. The van der Waals surface area contributed by atoms with Crippen molar-refractivity contribution >= 4 is 29.4 Å². The number of anilines is 1. The molecule has 1 N–H and O–H groups in total. The fourth-order valence-corrected chi connectivity index (χ4v) is 3.61. The molecule has 3 aromatic carbocycles. The van der Waals surface area contributed by atoms with Gasteiger partial charge >= 0.3 is 0 Å². The Balaban J connectivity index is 1.65. The monoisotopic (exact) mass is 428 g/mol. The average molecular weight is 429 g/mol. The summed E-state index contributed by atoms with van der Waals surface area (Å²) in [6, 6.07) is 25.3. The number of nitriles is 1. The zero-order chi connectivity index (χ0) is 22.1. The number of nitrogens with zero attached hydrogens (tertiary/aromatic N) is 1. The van der Waals surface area contributed by atoms with E-state index in [1.165, 1.54) is 10.5 Å². The maximum atomic E-state index is 12.6. The maximum Gasteiger partial charge on any atom is 0.266 e. The lowest BCUT2D eigenvalue weighted by Crippen LogP contribution is -2.14. The van der Waals surface area contributed by atoms with E-state index >= 15 is 0 Å². The van der Waals surface area contributed by atoms with Crippen LogP contribution in [0.3, 0.4) is 0 Å². The Hall–Kier alpha value is -3.49. The van der Waals surface area contributed by atoms with Crippen LogP contribution in [-0.2, 0) is 4.79 Å². The van der Waals surface area contributed by atoms with Gasteiger partial charge in [0.15, 0.2) is 0 Å². The van der Waals surface area contributed by atoms with Gasteiger partial charge in [-0.2, -0.15) is 5.26 Å². The zero-order valence-electron chi connectivity index (χ0n) is 17.6. The second-order valence-corrected chi connectivity index (χ2v) is 8.15. The molecule has 156 valence electrons. The fourth-order valence-electron chi connectivity index (χ4n) is 2.88. The van der Waals surface area contributed by atoms with Crippen molar-refractivity contribution in [2.45, 2.75) is 18.7 Å². The topological polar surface area (TPSA) is 62.1 Å². The minimum absolute atomic E-state index is 0.0216. The van der Waals surface area contributed by atoms with Crippen molar-refractivity contribution in [3.05, 3.63) is 95.1 Å². The van der Waals surface area contributed by atoms with Gasteiger partial charge in [0.2, 0.25) is 0 Å². The SMILES string of the molecule is Cc1ccc(SCCOc2ccccc2/C=C(\C#N)C(=O)Nc2ccccc2C)cc1. The molecular formula is C26H24N2O2S. The van der Waals surface area contributed by atoms with Gasteiger partial charge in [-0.1, -0.05) is 54.1 Å². The molecule has 4 nitrogen and oxygen atoms in total. The molecule has 3 aromatic rings. The summed E-state index contributed by atoms with van der Waals surface area (Å²) in [6.45, 7) is 4.49. The van der Waals surface area contributed by atoms with Crippen LogP contribution in [0.15, 0.2) is 83.3 Å². The van der Waals surface area contributed by atoms with Crippen LogP contribution in [0.5, 0.6) is 5.75 Å². The molecule has 0 unspecified atom stereocenters. The molecule has 0 saturated carbocycles. The van der Waals surface area contributed by atoms with E-state index in [9.17, 15) is 10.1 Å². The van der Waals surface area contributed by atoms with E-state index in [2.05, 4.69) is 36.5 Å². The number of hydrogen-bond donors (Lipinski definition) is 1. The van der Waals surface area contributed by atoms with Gasteiger partial charge in [-0.3, -0.25) is 4.79 Å². The molecule has 0 heterocycles. The van der Waals surface area contributed by atoms with E-state index in [0.717, 1.165) is 11.3 Å². The number of carbonyl (C=O) groups is 1. The highest BCUT2D eigenvalue weighted by Crippen LogP contribution is 2.23. The highest BCUT2D eigenvalue weighted by molar-refractivity contribution is 7.99. The Bertz CT molecular complexity index is 1110. The van der Waals surface area contributed by atoms with Gasteiger partial charge in [-0.05, 0) is 49.8 Å². The highest BCUT2D eigenvalue weighted by Gasteiger charge is 2.12. The number of thioether (sulfide) groups is 1. The molecular weight excluding hydrogens is 404 g/mol. The van der Waals surface area contributed by atoms with Crippen molar-refractivity contribution in [3.63, 3.8) is 0 Å². The van der Waals surface area contributed by atoms with E-state index < -0.39 is 5.91 Å².